The van der Waals surface area contributed by atoms with Crippen LogP contribution < -0.4 is 15.0 Å². The number of sulfonamides is 1. The molecule has 2 aliphatic rings. The smallest absolute Gasteiger partial charge is 0.262 e. The van der Waals surface area contributed by atoms with Gasteiger partial charge in [-0.3, -0.25) is 9.59 Å². The van der Waals surface area contributed by atoms with Crippen molar-refractivity contribution < 1.29 is 22.7 Å². The van der Waals surface area contributed by atoms with E-state index in [4.69, 9.17) is 4.74 Å². The summed E-state index contributed by atoms with van der Waals surface area (Å²) < 4.78 is 33.6. The summed E-state index contributed by atoms with van der Waals surface area (Å²) in [6.07, 6.45) is 0.938. The van der Waals surface area contributed by atoms with E-state index in [-0.39, 0.29) is 42.3 Å². The highest BCUT2D eigenvalue weighted by Crippen LogP contribution is 2.35. The minimum atomic E-state index is -3.76. The summed E-state index contributed by atoms with van der Waals surface area (Å²) in [4.78, 5) is 26.7. The Labute approximate surface area is 194 Å². The molecule has 0 aromatic heterocycles. The second-order valence-corrected chi connectivity index (χ2v) is 10.5. The van der Waals surface area contributed by atoms with E-state index in [9.17, 15) is 18.0 Å². The number of fused-ring (bicyclic) bond motifs is 1. The first-order valence-corrected chi connectivity index (χ1v) is 12.6. The molecular weight excluding hydrogens is 442 g/mol. The Hall–Kier alpha value is -2.91. The van der Waals surface area contributed by atoms with Crippen LogP contribution in [0.3, 0.4) is 0 Å². The Morgan fingerprint density at radius 2 is 1.91 bits per heavy atom. The molecule has 33 heavy (non-hydrogen) atoms. The quantitative estimate of drug-likeness (QED) is 0.723. The van der Waals surface area contributed by atoms with Gasteiger partial charge in [0.05, 0.1) is 10.6 Å². The molecule has 0 bridgehead atoms. The van der Waals surface area contributed by atoms with E-state index in [2.05, 4.69) is 5.32 Å². The molecule has 176 valence electrons. The van der Waals surface area contributed by atoms with Gasteiger partial charge in [-0.2, -0.15) is 4.31 Å². The molecule has 9 heteroatoms. The number of ether oxygens (including phenoxy) is 1. The van der Waals surface area contributed by atoms with Crippen molar-refractivity contribution in [1.82, 2.24) is 4.31 Å². The molecule has 1 fully saturated rings. The zero-order chi connectivity index (χ0) is 23.8. The standard InChI is InChI=1S/C24H29N3O5S/c1-4-27(19-7-5-6-16(2)12-19)24(29)18-8-10-26(11-9-18)33(30,31)22-14-21-20(13-17(22)3)25-23(28)15-32-21/h5-7,12-14,18H,4,8-11,15H2,1-3H3,(H,25,28). The van der Waals surface area contributed by atoms with Crippen LogP contribution in [0.5, 0.6) is 5.75 Å². The summed E-state index contributed by atoms with van der Waals surface area (Å²) in [5, 5.41) is 2.70. The lowest BCUT2D eigenvalue weighted by Gasteiger charge is -2.34. The number of hydrogen-bond acceptors (Lipinski definition) is 5. The number of carbonyl (C=O) groups excluding carboxylic acids is 2. The Balaban J connectivity index is 1.48. The van der Waals surface area contributed by atoms with Crippen LogP contribution in [0.2, 0.25) is 0 Å². The molecule has 2 aliphatic heterocycles. The highest BCUT2D eigenvalue weighted by molar-refractivity contribution is 7.89. The number of carbonyl (C=O) groups is 2. The zero-order valence-corrected chi connectivity index (χ0v) is 19.9. The molecule has 2 aromatic carbocycles. The van der Waals surface area contributed by atoms with E-state index in [0.717, 1.165) is 11.3 Å². The molecule has 1 saturated heterocycles. The molecule has 2 aromatic rings. The highest BCUT2D eigenvalue weighted by Gasteiger charge is 2.35. The van der Waals surface area contributed by atoms with Crippen LogP contribution >= 0.6 is 0 Å². The fourth-order valence-electron chi connectivity index (χ4n) is 4.46. The summed E-state index contributed by atoms with van der Waals surface area (Å²) in [6, 6.07) is 10.9. The minimum absolute atomic E-state index is 0.0363. The van der Waals surface area contributed by atoms with Crippen molar-refractivity contribution in [2.75, 3.05) is 36.5 Å². The molecule has 0 aliphatic carbocycles. The predicted molar refractivity (Wildman–Crippen MR) is 126 cm³/mol. The van der Waals surface area contributed by atoms with Gasteiger partial charge < -0.3 is 15.0 Å². The second-order valence-electron chi connectivity index (χ2n) is 8.55. The largest absolute Gasteiger partial charge is 0.482 e. The van der Waals surface area contributed by atoms with Gasteiger partial charge in [0.25, 0.3) is 5.91 Å². The second kappa shape index (κ2) is 9.15. The first-order valence-electron chi connectivity index (χ1n) is 11.2. The van der Waals surface area contributed by atoms with Gasteiger partial charge in [-0.05, 0) is 62.9 Å². The average molecular weight is 472 g/mol. The number of anilines is 2. The molecule has 4 rings (SSSR count). The maximum Gasteiger partial charge on any atom is 0.262 e. The summed E-state index contributed by atoms with van der Waals surface area (Å²) >= 11 is 0. The SMILES string of the molecule is CCN(C(=O)C1CCN(S(=O)(=O)c2cc3c(cc2C)NC(=O)CO3)CC1)c1cccc(C)c1. The van der Waals surface area contributed by atoms with Crippen molar-refractivity contribution in [3.63, 3.8) is 0 Å². The Kier molecular flexibility index (Phi) is 6.45. The molecule has 2 heterocycles. The molecule has 0 saturated carbocycles. The lowest BCUT2D eigenvalue weighted by Crippen LogP contribution is -2.44. The first kappa shape index (κ1) is 23.3. The van der Waals surface area contributed by atoms with Gasteiger partial charge in [0, 0.05) is 37.3 Å². The van der Waals surface area contributed by atoms with Crippen molar-refractivity contribution in [3.05, 3.63) is 47.5 Å². The van der Waals surface area contributed by atoms with Crippen molar-refractivity contribution in [2.24, 2.45) is 5.92 Å². The molecule has 0 radical (unpaired) electrons. The summed E-state index contributed by atoms with van der Waals surface area (Å²) in [5.41, 5.74) is 2.97. The molecule has 0 spiro atoms. The van der Waals surface area contributed by atoms with Gasteiger partial charge >= 0.3 is 0 Å². The van der Waals surface area contributed by atoms with Crippen LogP contribution in [0, 0.1) is 19.8 Å². The van der Waals surface area contributed by atoms with E-state index in [0.29, 0.717) is 36.4 Å². The Morgan fingerprint density at radius 1 is 1.18 bits per heavy atom. The number of nitrogens with zero attached hydrogens (tertiary/aromatic N) is 2. The minimum Gasteiger partial charge on any atom is -0.482 e. The number of rotatable bonds is 5. The van der Waals surface area contributed by atoms with Crippen LogP contribution in [0.25, 0.3) is 0 Å². The number of piperidine rings is 1. The summed E-state index contributed by atoms with van der Waals surface area (Å²) in [6.45, 7) is 6.61. The number of amides is 2. The van der Waals surface area contributed by atoms with E-state index in [1.807, 2.05) is 38.1 Å². The monoisotopic (exact) mass is 471 g/mol. The predicted octanol–water partition coefficient (Wildman–Crippen LogP) is 3.09. The van der Waals surface area contributed by atoms with Crippen molar-refractivity contribution in [1.29, 1.82) is 0 Å². The van der Waals surface area contributed by atoms with Crippen LogP contribution in [-0.2, 0) is 19.6 Å². The van der Waals surface area contributed by atoms with E-state index < -0.39 is 10.0 Å². The van der Waals surface area contributed by atoms with E-state index >= 15 is 0 Å². The Bertz CT molecular complexity index is 1190. The maximum atomic E-state index is 13.4. The van der Waals surface area contributed by atoms with Gasteiger partial charge in [-0.15, -0.1) is 0 Å². The van der Waals surface area contributed by atoms with Crippen LogP contribution in [-0.4, -0.2) is 50.8 Å². The number of aryl methyl sites for hydroxylation is 2. The zero-order valence-electron chi connectivity index (χ0n) is 19.1. The third-order valence-electron chi connectivity index (χ3n) is 6.23. The normalized spacial score (nSPS) is 17.1. The topological polar surface area (TPSA) is 96.0 Å². The third kappa shape index (κ3) is 4.60. The lowest BCUT2D eigenvalue weighted by molar-refractivity contribution is -0.123. The molecule has 0 unspecified atom stereocenters. The van der Waals surface area contributed by atoms with Crippen molar-refractivity contribution in [2.45, 2.75) is 38.5 Å². The van der Waals surface area contributed by atoms with Gasteiger partial charge in [0.15, 0.2) is 6.61 Å². The number of benzene rings is 2. The fraction of sp³-hybridized carbons (Fsp3) is 0.417. The highest BCUT2D eigenvalue weighted by atomic mass is 32.2. The lowest BCUT2D eigenvalue weighted by atomic mass is 9.96. The third-order valence-corrected chi connectivity index (χ3v) is 8.27. The number of hydrogen-bond donors (Lipinski definition) is 1. The molecule has 0 atom stereocenters. The van der Waals surface area contributed by atoms with E-state index in [1.165, 1.54) is 10.4 Å². The van der Waals surface area contributed by atoms with Crippen molar-refractivity contribution in [3.8, 4) is 5.75 Å². The first-order chi connectivity index (χ1) is 15.7. The average Bonchev–Trinajstić information content (AvgIpc) is 2.79. The van der Waals surface area contributed by atoms with Gasteiger partial charge in [0.1, 0.15) is 5.75 Å². The number of nitrogens with one attached hydrogen (secondary N) is 1. The van der Waals surface area contributed by atoms with Crippen LogP contribution in [0.1, 0.15) is 30.9 Å². The molecule has 8 nitrogen and oxygen atoms in total. The fourth-order valence-corrected chi connectivity index (χ4v) is 6.15. The summed E-state index contributed by atoms with van der Waals surface area (Å²) in [5.74, 6) is -0.106. The molecule has 2 amide bonds. The van der Waals surface area contributed by atoms with Gasteiger partial charge in [-0.1, -0.05) is 12.1 Å². The van der Waals surface area contributed by atoms with Gasteiger partial charge in [0.2, 0.25) is 15.9 Å². The van der Waals surface area contributed by atoms with Crippen LogP contribution in [0.15, 0.2) is 41.3 Å². The van der Waals surface area contributed by atoms with Gasteiger partial charge in [-0.25, -0.2) is 8.42 Å². The maximum absolute atomic E-state index is 13.4. The van der Waals surface area contributed by atoms with E-state index in [1.54, 1.807) is 17.9 Å². The molecular formula is C24H29N3O5S. The van der Waals surface area contributed by atoms with Crippen LogP contribution in [0.4, 0.5) is 11.4 Å². The summed E-state index contributed by atoms with van der Waals surface area (Å²) in [7, 11) is -3.76. The Morgan fingerprint density at radius 3 is 2.58 bits per heavy atom. The van der Waals surface area contributed by atoms with Crippen molar-refractivity contribution >= 4 is 33.2 Å². The molecule has 1 N–H and O–H groups in total.